The zero-order chi connectivity index (χ0) is 19.7. The van der Waals surface area contributed by atoms with E-state index in [1.807, 2.05) is 48.5 Å². The molecule has 1 N–H and O–H groups in total. The number of aliphatic hydroxyl groups is 1. The van der Waals surface area contributed by atoms with Crippen molar-refractivity contribution >= 4 is 39.1 Å². The van der Waals surface area contributed by atoms with E-state index in [4.69, 9.17) is 0 Å². The molecule has 0 bridgehead atoms. The van der Waals surface area contributed by atoms with Crippen molar-refractivity contribution in [2.45, 2.75) is 6.04 Å². The standard InChI is InChI=1S/C23H16BrNO3/c24-17-11-13-18(14-12-17)25-20(15-7-3-1-4-8-15)19(22(27)23(25)28)21(26)16-9-5-2-6-10-16/h1-14,20,26H/t20-/m0/s1. The Balaban J connectivity index is 1.94. The molecule has 4 rings (SSSR count). The molecule has 4 nitrogen and oxygen atoms in total. The Morgan fingerprint density at radius 1 is 0.821 bits per heavy atom. The number of hydrogen-bond donors (Lipinski definition) is 1. The number of anilines is 1. The van der Waals surface area contributed by atoms with Crippen molar-refractivity contribution in [3.63, 3.8) is 0 Å². The Labute approximate surface area is 170 Å². The van der Waals surface area contributed by atoms with E-state index >= 15 is 0 Å². The van der Waals surface area contributed by atoms with Gasteiger partial charge in [-0.15, -0.1) is 0 Å². The predicted octanol–water partition coefficient (Wildman–Crippen LogP) is 5.08. The SMILES string of the molecule is O=C1C(=O)N(c2ccc(Br)cc2)[C@@H](c2ccccc2)C1=C(O)c1ccccc1. The van der Waals surface area contributed by atoms with Crippen LogP contribution in [0, 0.1) is 0 Å². The topological polar surface area (TPSA) is 57.6 Å². The number of carbonyl (C=O) groups excluding carboxylic acids is 2. The maximum atomic E-state index is 12.9. The second-order valence-corrected chi connectivity index (χ2v) is 7.34. The minimum absolute atomic E-state index is 0.0883. The van der Waals surface area contributed by atoms with E-state index in [1.165, 1.54) is 4.90 Å². The molecule has 1 heterocycles. The lowest BCUT2D eigenvalue weighted by atomic mass is 9.95. The minimum Gasteiger partial charge on any atom is -0.507 e. The van der Waals surface area contributed by atoms with Crippen LogP contribution in [0.5, 0.6) is 0 Å². The van der Waals surface area contributed by atoms with Gasteiger partial charge in [0.1, 0.15) is 5.76 Å². The molecule has 1 fully saturated rings. The van der Waals surface area contributed by atoms with Crippen molar-refractivity contribution in [2.75, 3.05) is 4.90 Å². The number of carbonyl (C=O) groups is 2. The van der Waals surface area contributed by atoms with Gasteiger partial charge in [-0.3, -0.25) is 14.5 Å². The number of hydrogen-bond acceptors (Lipinski definition) is 3. The second kappa shape index (κ2) is 7.44. The Hall–Kier alpha value is -3.18. The van der Waals surface area contributed by atoms with Gasteiger partial charge < -0.3 is 5.11 Å². The molecule has 0 saturated carbocycles. The summed E-state index contributed by atoms with van der Waals surface area (Å²) in [6.45, 7) is 0. The van der Waals surface area contributed by atoms with Crippen LogP contribution in [0.4, 0.5) is 5.69 Å². The maximum absolute atomic E-state index is 12.9. The first kappa shape index (κ1) is 18.2. The summed E-state index contributed by atoms with van der Waals surface area (Å²) in [4.78, 5) is 27.3. The number of ketones is 1. The molecule has 3 aromatic rings. The molecule has 1 saturated heterocycles. The van der Waals surface area contributed by atoms with Gasteiger partial charge in [0.2, 0.25) is 0 Å². The van der Waals surface area contributed by atoms with Gasteiger partial charge in [-0.1, -0.05) is 76.6 Å². The zero-order valence-electron chi connectivity index (χ0n) is 14.7. The third kappa shape index (κ3) is 3.14. The lowest BCUT2D eigenvalue weighted by Crippen LogP contribution is -2.29. The summed E-state index contributed by atoms with van der Waals surface area (Å²) in [5, 5.41) is 10.9. The molecule has 0 aliphatic carbocycles. The van der Waals surface area contributed by atoms with Gasteiger partial charge in [-0.05, 0) is 29.8 Å². The number of nitrogens with zero attached hydrogens (tertiary/aromatic N) is 1. The molecular formula is C23H16BrNO3. The molecule has 28 heavy (non-hydrogen) atoms. The van der Waals surface area contributed by atoms with Crippen LogP contribution >= 0.6 is 15.9 Å². The molecule has 1 aliphatic rings. The number of benzene rings is 3. The lowest BCUT2D eigenvalue weighted by Gasteiger charge is -2.25. The number of amides is 1. The van der Waals surface area contributed by atoms with Gasteiger partial charge in [0, 0.05) is 15.7 Å². The van der Waals surface area contributed by atoms with E-state index in [0.29, 0.717) is 11.3 Å². The molecule has 3 aromatic carbocycles. The van der Waals surface area contributed by atoms with Gasteiger partial charge in [0.05, 0.1) is 11.6 Å². The van der Waals surface area contributed by atoms with Crippen LogP contribution in [-0.2, 0) is 9.59 Å². The van der Waals surface area contributed by atoms with Crippen molar-refractivity contribution in [3.8, 4) is 0 Å². The Morgan fingerprint density at radius 3 is 2.00 bits per heavy atom. The third-order valence-corrected chi connectivity index (χ3v) is 5.24. The maximum Gasteiger partial charge on any atom is 0.300 e. The summed E-state index contributed by atoms with van der Waals surface area (Å²) < 4.78 is 0.869. The Kier molecular flexibility index (Phi) is 4.84. The van der Waals surface area contributed by atoms with Crippen molar-refractivity contribution in [3.05, 3.63) is 106 Å². The van der Waals surface area contributed by atoms with Crippen LogP contribution in [0.1, 0.15) is 17.2 Å². The summed E-state index contributed by atoms with van der Waals surface area (Å²) in [5.74, 6) is -1.53. The molecule has 0 radical (unpaired) electrons. The quantitative estimate of drug-likeness (QED) is 0.356. The highest BCUT2D eigenvalue weighted by Gasteiger charge is 2.46. The third-order valence-electron chi connectivity index (χ3n) is 4.71. The van der Waals surface area contributed by atoms with E-state index in [-0.39, 0.29) is 11.3 Å². The summed E-state index contributed by atoms with van der Waals surface area (Å²) in [6, 6.07) is 24.5. The van der Waals surface area contributed by atoms with Crippen LogP contribution < -0.4 is 4.90 Å². The van der Waals surface area contributed by atoms with Gasteiger partial charge in [-0.2, -0.15) is 0 Å². The van der Waals surface area contributed by atoms with Crippen molar-refractivity contribution in [1.29, 1.82) is 0 Å². The van der Waals surface area contributed by atoms with E-state index < -0.39 is 17.7 Å². The monoisotopic (exact) mass is 433 g/mol. The summed E-state index contributed by atoms with van der Waals surface area (Å²) in [7, 11) is 0. The van der Waals surface area contributed by atoms with Gasteiger partial charge >= 0.3 is 0 Å². The molecule has 0 unspecified atom stereocenters. The Bertz CT molecular complexity index is 1060. The van der Waals surface area contributed by atoms with E-state index in [1.54, 1.807) is 36.4 Å². The number of Topliss-reactive ketones (excluding diaryl/α,β-unsaturated/α-hetero) is 1. The van der Waals surface area contributed by atoms with Crippen molar-refractivity contribution in [1.82, 2.24) is 0 Å². The largest absolute Gasteiger partial charge is 0.507 e. The van der Waals surface area contributed by atoms with E-state index in [9.17, 15) is 14.7 Å². The highest BCUT2D eigenvalue weighted by Crippen LogP contribution is 2.42. The normalized spacial score (nSPS) is 18.5. The average molecular weight is 434 g/mol. The average Bonchev–Trinajstić information content (AvgIpc) is 3.00. The first-order valence-corrected chi connectivity index (χ1v) is 9.54. The van der Waals surface area contributed by atoms with E-state index in [2.05, 4.69) is 15.9 Å². The molecular weight excluding hydrogens is 418 g/mol. The molecule has 138 valence electrons. The highest BCUT2D eigenvalue weighted by atomic mass is 79.9. The fraction of sp³-hybridized carbons (Fsp3) is 0.0435. The highest BCUT2D eigenvalue weighted by molar-refractivity contribution is 9.10. The summed E-state index contributed by atoms with van der Waals surface area (Å²) in [6.07, 6.45) is 0. The fourth-order valence-electron chi connectivity index (χ4n) is 3.40. The predicted molar refractivity (Wildman–Crippen MR) is 112 cm³/mol. The van der Waals surface area contributed by atoms with Gasteiger partial charge in [-0.25, -0.2) is 0 Å². The van der Waals surface area contributed by atoms with E-state index in [0.717, 1.165) is 10.0 Å². The molecule has 0 aromatic heterocycles. The molecule has 1 amide bonds. The number of rotatable bonds is 3. The first-order valence-electron chi connectivity index (χ1n) is 8.75. The molecule has 1 atom stereocenters. The second-order valence-electron chi connectivity index (χ2n) is 6.42. The van der Waals surface area contributed by atoms with Crippen LogP contribution in [0.15, 0.2) is 95.0 Å². The smallest absolute Gasteiger partial charge is 0.300 e. The van der Waals surface area contributed by atoms with Crippen LogP contribution in [0.2, 0.25) is 0 Å². The minimum atomic E-state index is -0.706. The van der Waals surface area contributed by atoms with Crippen LogP contribution in [0.3, 0.4) is 0 Å². The summed E-state index contributed by atoms with van der Waals surface area (Å²) >= 11 is 3.39. The number of aliphatic hydroxyl groups excluding tert-OH is 1. The lowest BCUT2D eigenvalue weighted by molar-refractivity contribution is -0.132. The zero-order valence-corrected chi connectivity index (χ0v) is 16.3. The van der Waals surface area contributed by atoms with Crippen LogP contribution in [0.25, 0.3) is 5.76 Å². The van der Waals surface area contributed by atoms with Crippen molar-refractivity contribution < 1.29 is 14.7 Å². The van der Waals surface area contributed by atoms with Crippen molar-refractivity contribution in [2.24, 2.45) is 0 Å². The Morgan fingerprint density at radius 2 is 1.39 bits per heavy atom. The molecule has 0 spiro atoms. The number of halogens is 1. The van der Waals surface area contributed by atoms with Crippen LogP contribution in [-0.4, -0.2) is 16.8 Å². The fourth-order valence-corrected chi connectivity index (χ4v) is 3.67. The molecule has 5 heteroatoms. The van der Waals surface area contributed by atoms with Gasteiger partial charge in [0.25, 0.3) is 11.7 Å². The van der Waals surface area contributed by atoms with Gasteiger partial charge in [0.15, 0.2) is 0 Å². The first-order chi connectivity index (χ1) is 13.6. The summed E-state index contributed by atoms with van der Waals surface area (Å²) in [5.41, 5.74) is 1.93. The molecule has 1 aliphatic heterocycles.